The van der Waals surface area contributed by atoms with Crippen LogP contribution in [0.25, 0.3) is 0 Å². The number of hydrogen-bond acceptors (Lipinski definition) is 3. The van der Waals surface area contributed by atoms with Crippen molar-refractivity contribution in [2.45, 2.75) is 36.6 Å². The van der Waals surface area contributed by atoms with Crippen molar-refractivity contribution < 1.29 is 27.1 Å². The molecule has 1 aromatic rings. The smallest absolute Gasteiger partial charge is 0.335 e. The van der Waals surface area contributed by atoms with Gasteiger partial charge in [-0.2, -0.15) is 0 Å². The lowest BCUT2D eigenvalue weighted by Gasteiger charge is -2.13. The van der Waals surface area contributed by atoms with Gasteiger partial charge in [0, 0.05) is 6.04 Å². The van der Waals surface area contributed by atoms with Crippen molar-refractivity contribution in [1.82, 2.24) is 4.72 Å². The van der Waals surface area contributed by atoms with Gasteiger partial charge in [0.25, 0.3) is 0 Å². The van der Waals surface area contributed by atoms with Gasteiger partial charge in [-0.05, 0) is 25.0 Å². The van der Waals surface area contributed by atoms with Crippen LogP contribution in [-0.4, -0.2) is 25.5 Å². The third-order valence-corrected chi connectivity index (χ3v) is 4.73. The molecule has 0 aromatic heterocycles. The number of rotatable bonds is 4. The molecule has 8 heteroatoms. The number of benzene rings is 1. The van der Waals surface area contributed by atoms with Gasteiger partial charge in [-0.15, -0.1) is 0 Å². The van der Waals surface area contributed by atoms with E-state index in [9.17, 15) is 22.0 Å². The topological polar surface area (TPSA) is 83.5 Å². The third-order valence-electron chi connectivity index (χ3n) is 3.21. The lowest BCUT2D eigenvalue weighted by atomic mass is 10.2. The molecule has 0 atom stereocenters. The number of carboxylic acids is 1. The Hall–Kier alpha value is -1.54. The van der Waals surface area contributed by atoms with E-state index in [0.29, 0.717) is 25.0 Å². The lowest BCUT2D eigenvalue weighted by Crippen LogP contribution is -2.33. The lowest BCUT2D eigenvalue weighted by molar-refractivity contribution is 0.0696. The molecular weight excluding hydrogens is 292 g/mol. The Labute approximate surface area is 114 Å². The number of sulfonamides is 1. The second kappa shape index (κ2) is 5.45. The van der Waals surface area contributed by atoms with E-state index in [2.05, 4.69) is 4.72 Å². The fraction of sp³-hybridized carbons (Fsp3) is 0.417. The SMILES string of the molecule is O=C(O)c1cc(F)c(F)c(S(=O)(=O)NC2CCCC2)c1. The van der Waals surface area contributed by atoms with Gasteiger partial charge in [-0.1, -0.05) is 12.8 Å². The molecule has 0 heterocycles. The molecular formula is C12H13F2NO4S. The summed E-state index contributed by atoms with van der Waals surface area (Å²) in [4.78, 5) is 9.81. The van der Waals surface area contributed by atoms with Gasteiger partial charge < -0.3 is 5.11 Å². The first kappa shape index (κ1) is 14.9. The van der Waals surface area contributed by atoms with Crippen LogP contribution in [0.15, 0.2) is 17.0 Å². The molecule has 5 nitrogen and oxygen atoms in total. The van der Waals surface area contributed by atoms with Crippen LogP contribution in [-0.2, 0) is 10.0 Å². The zero-order valence-corrected chi connectivity index (χ0v) is 11.2. The molecule has 2 N–H and O–H groups in total. The average Bonchev–Trinajstić information content (AvgIpc) is 2.83. The Morgan fingerprint density at radius 2 is 1.85 bits per heavy atom. The summed E-state index contributed by atoms with van der Waals surface area (Å²) in [7, 11) is -4.28. The summed E-state index contributed by atoms with van der Waals surface area (Å²) in [6, 6.07) is 0.750. The minimum absolute atomic E-state index is 0.323. The first-order valence-corrected chi connectivity index (χ1v) is 7.54. The highest BCUT2D eigenvalue weighted by Crippen LogP contribution is 2.23. The molecule has 0 saturated heterocycles. The predicted molar refractivity (Wildman–Crippen MR) is 65.9 cm³/mol. The molecule has 0 radical (unpaired) electrons. The van der Waals surface area contributed by atoms with Crippen LogP contribution >= 0.6 is 0 Å². The summed E-state index contributed by atoms with van der Waals surface area (Å²) < 4.78 is 53.3. The van der Waals surface area contributed by atoms with Crippen LogP contribution in [0.3, 0.4) is 0 Å². The van der Waals surface area contributed by atoms with Gasteiger partial charge in [-0.3, -0.25) is 0 Å². The van der Waals surface area contributed by atoms with E-state index in [1.807, 2.05) is 0 Å². The van der Waals surface area contributed by atoms with E-state index < -0.39 is 38.1 Å². The quantitative estimate of drug-likeness (QED) is 0.889. The van der Waals surface area contributed by atoms with Crippen LogP contribution in [0.4, 0.5) is 8.78 Å². The third kappa shape index (κ3) is 2.96. The number of carboxylic acid groups (broad SMARTS) is 1. The first-order valence-electron chi connectivity index (χ1n) is 6.06. The highest BCUT2D eigenvalue weighted by molar-refractivity contribution is 7.89. The van der Waals surface area contributed by atoms with Gasteiger partial charge in [0.2, 0.25) is 10.0 Å². The number of nitrogens with one attached hydrogen (secondary N) is 1. The Morgan fingerprint density at radius 1 is 1.25 bits per heavy atom. The van der Waals surface area contributed by atoms with Crippen LogP contribution in [0, 0.1) is 11.6 Å². The van der Waals surface area contributed by atoms with E-state index in [0.717, 1.165) is 12.8 Å². The summed E-state index contributed by atoms with van der Waals surface area (Å²) in [6.45, 7) is 0. The molecule has 1 aromatic carbocycles. The van der Waals surface area contributed by atoms with Gasteiger partial charge in [0.05, 0.1) is 5.56 Å². The van der Waals surface area contributed by atoms with Crippen molar-refractivity contribution >= 4 is 16.0 Å². The van der Waals surface area contributed by atoms with Crippen LogP contribution in [0.5, 0.6) is 0 Å². The number of halogens is 2. The summed E-state index contributed by atoms with van der Waals surface area (Å²) in [5.74, 6) is -4.60. The van der Waals surface area contributed by atoms with Gasteiger partial charge in [0.15, 0.2) is 11.6 Å². The number of carbonyl (C=O) groups is 1. The molecule has 0 amide bonds. The molecule has 1 aliphatic rings. The largest absolute Gasteiger partial charge is 0.478 e. The minimum atomic E-state index is -4.28. The Balaban J connectivity index is 2.41. The Morgan fingerprint density at radius 3 is 2.40 bits per heavy atom. The molecule has 1 fully saturated rings. The number of hydrogen-bond donors (Lipinski definition) is 2. The number of aromatic carboxylic acids is 1. The zero-order valence-electron chi connectivity index (χ0n) is 10.4. The molecule has 20 heavy (non-hydrogen) atoms. The van der Waals surface area contributed by atoms with Crippen molar-refractivity contribution in [3.63, 3.8) is 0 Å². The summed E-state index contributed by atoms with van der Waals surface area (Å²) in [5.41, 5.74) is -0.615. The standard InChI is InChI=1S/C12H13F2NO4S/c13-9-5-7(12(16)17)6-10(11(9)14)20(18,19)15-8-3-1-2-4-8/h5-6,8,15H,1-4H2,(H,16,17). The predicted octanol–water partition coefficient (Wildman–Crippen LogP) is 1.88. The van der Waals surface area contributed by atoms with Gasteiger partial charge in [0.1, 0.15) is 4.90 Å². The monoisotopic (exact) mass is 305 g/mol. The Kier molecular flexibility index (Phi) is 4.05. The maximum Gasteiger partial charge on any atom is 0.335 e. The fourth-order valence-electron chi connectivity index (χ4n) is 2.21. The summed E-state index contributed by atoms with van der Waals surface area (Å²) in [6.07, 6.45) is 2.97. The summed E-state index contributed by atoms with van der Waals surface area (Å²) >= 11 is 0. The van der Waals surface area contributed by atoms with Gasteiger partial charge >= 0.3 is 5.97 Å². The highest BCUT2D eigenvalue weighted by Gasteiger charge is 2.28. The van der Waals surface area contributed by atoms with E-state index in [1.165, 1.54) is 0 Å². The van der Waals surface area contributed by atoms with Crippen molar-refractivity contribution in [1.29, 1.82) is 0 Å². The first-order chi connectivity index (χ1) is 9.31. The normalized spacial score (nSPS) is 16.5. The molecule has 110 valence electrons. The van der Waals surface area contributed by atoms with Crippen molar-refractivity contribution in [3.05, 3.63) is 29.3 Å². The van der Waals surface area contributed by atoms with Crippen LogP contribution in [0.1, 0.15) is 36.0 Å². The van der Waals surface area contributed by atoms with E-state index >= 15 is 0 Å². The minimum Gasteiger partial charge on any atom is -0.478 e. The zero-order chi connectivity index (χ0) is 14.9. The maximum atomic E-state index is 13.6. The van der Waals surface area contributed by atoms with Gasteiger partial charge in [-0.25, -0.2) is 26.7 Å². The van der Waals surface area contributed by atoms with Crippen molar-refractivity contribution in [2.75, 3.05) is 0 Å². The molecule has 2 rings (SSSR count). The Bertz CT molecular complexity index is 639. The molecule has 0 bridgehead atoms. The van der Waals surface area contributed by atoms with Crippen LogP contribution in [0.2, 0.25) is 0 Å². The second-order valence-corrected chi connectivity index (χ2v) is 6.36. The van der Waals surface area contributed by atoms with E-state index in [4.69, 9.17) is 5.11 Å². The molecule has 0 unspecified atom stereocenters. The fourth-order valence-corrected chi connectivity index (χ4v) is 3.63. The average molecular weight is 305 g/mol. The van der Waals surface area contributed by atoms with Crippen molar-refractivity contribution in [2.24, 2.45) is 0 Å². The maximum absolute atomic E-state index is 13.6. The molecule has 1 aliphatic carbocycles. The molecule has 1 saturated carbocycles. The van der Waals surface area contributed by atoms with E-state index in [-0.39, 0.29) is 6.04 Å². The highest BCUT2D eigenvalue weighted by atomic mass is 32.2. The molecule has 0 aliphatic heterocycles. The second-order valence-electron chi connectivity index (χ2n) is 4.68. The van der Waals surface area contributed by atoms with Crippen molar-refractivity contribution in [3.8, 4) is 0 Å². The molecule has 0 spiro atoms. The summed E-state index contributed by atoms with van der Waals surface area (Å²) in [5, 5.41) is 8.77. The van der Waals surface area contributed by atoms with Crippen LogP contribution < -0.4 is 4.72 Å². The van der Waals surface area contributed by atoms with E-state index in [1.54, 1.807) is 0 Å².